The van der Waals surface area contributed by atoms with Gasteiger partial charge in [0.1, 0.15) is 6.61 Å². The van der Waals surface area contributed by atoms with E-state index in [1.807, 2.05) is 0 Å². The van der Waals surface area contributed by atoms with Crippen LogP contribution < -0.4 is 0 Å². The van der Waals surface area contributed by atoms with Gasteiger partial charge >= 0.3 is 29.8 Å². The van der Waals surface area contributed by atoms with Gasteiger partial charge in [0.2, 0.25) is 0 Å². The van der Waals surface area contributed by atoms with Crippen LogP contribution in [0.3, 0.4) is 0 Å². The molecule has 0 radical (unpaired) electrons. The Hall–Kier alpha value is -2.98. The van der Waals surface area contributed by atoms with Crippen LogP contribution in [0.4, 0.5) is 0 Å². The second-order valence-corrected chi connectivity index (χ2v) is 6.48. The van der Waals surface area contributed by atoms with E-state index in [0.717, 1.165) is 0 Å². The lowest BCUT2D eigenvalue weighted by molar-refractivity contribution is -0.203. The molecule has 0 spiro atoms. The quantitative estimate of drug-likeness (QED) is 0.198. The van der Waals surface area contributed by atoms with Crippen LogP contribution in [-0.2, 0) is 52.5 Å². The molecule has 4 atom stereocenters. The van der Waals surface area contributed by atoms with Gasteiger partial charge in [-0.2, -0.15) is 0 Å². The molecule has 11 nitrogen and oxygen atoms in total. The Labute approximate surface area is 187 Å². The highest BCUT2D eigenvalue weighted by Crippen LogP contribution is 2.21. The molecule has 32 heavy (non-hydrogen) atoms. The molecule has 0 aliphatic rings. The predicted octanol–water partition coefficient (Wildman–Crippen LogP) is 1.43. The smallest absolute Gasteiger partial charge is 0.306 e. The van der Waals surface area contributed by atoms with E-state index in [0.29, 0.717) is 0 Å². The molecule has 182 valence electrons. The van der Waals surface area contributed by atoms with Crippen molar-refractivity contribution < 1.29 is 52.5 Å². The summed E-state index contributed by atoms with van der Waals surface area (Å²) in [5.41, 5.74) is 0. The van der Waals surface area contributed by atoms with Gasteiger partial charge in [0, 0.05) is 32.1 Å². The lowest BCUT2D eigenvalue weighted by atomic mass is 10.0. The van der Waals surface area contributed by atoms with Crippen molar-refractivity contribution in [2.24, 2.45) is 0 Å². The van der Waals surface area contributed by atoms with Crippen molar-refractivity contribution in [2.75, 3.05) is 6.61 Å². The average Bonchev–Trinajstić information content (AvgIpc) is 2.81. The molecular formula is C21H32O11. The van der Waals surface area contributed by atoms with Gasteiger partial charge in [-0.3, -0.25) is 28.8 Å². The normalized spacial score (nSPS) is 14.2. The van der Waals surface area contributed by atoms with Crippen LogP contribution in [0, 0.1) is 0 Å². The van der Waals surface area contributed by atoms with E-state index in [1.165, 1.54) is 27.7 Å². The van der Waals surface area contributed by atoms with Gasteiger partial charge in [-0.1, -0.05) is 34.6 Å². The number of rotatable bonds is 15. The number of hydrogen-bond donors (Lipinski definition) is 0. The zero-order valence-corrected chi connectivity index (χ0v) is 19.1. The summed E-state index contributed by atoms with van der Waals surface area (Å²) in [6, 6.07) is 0. The van der Waals surface area contributed by atoms with Crippen LogP contribution in [0.1, 0.15) is 66.7 Å². The number of esters is 5. The second kappa shape index (κ2) is 15.8. The Morgan fingerprint density at radius 2 is 1.00 bits per heavy atom. The van der Waals surface area contributed by atoms with Gasteiger partial charge in [-0.25, -0.2) is 0 Å². The van der Waals surface area contributed by atoms with Crippen molar-refractivity contribution in [3.8, 4) is 0 Å². The van der Waals surface area contributed by atoms with Gasteiger partial charge in [0.15, 0.2) is 30.7 Å². The maximum absolute atomic E-state index is 12.1. The summed E-state index contributed by atoms with van der Waals surface area (Å²) in [5, 5.41) is 0. The largest absolute Gasteiger partial charge is 0.462 e. The molecule has 0 aromatic rings. The third-order valence-corrected chi connectivity index (χ3v) is 4.09. The molecule has 0 aromatic heterocycles. The Morgan fingerprint density at radius 1 is 0.594 bits per heavy atom. The summed E-state index contributed by atoms with van der Waals surface area (Å²) in [7, 11) is 0. The van der Waals surface area contributed by atoms with E-state index in [2.05, 4.69) is 0 Å². The zero-order valence-electron chi connectivity index (χ0n) is 19.1. The van der Waals surface area contributed by atoms with Crippen molar-refractivity contribution in [2.45, 2.75) is 91.1 Å². The molecule has 0 rings (SSSR count). The highest BCUT2D eigenvalue weighted by Gasteiger charge is 2.44. The van der Waals surface area contributed by atoms with Crippen LogP contribution in [0.5, 0.6) is 0 Å². The fraction of sp³-hybridized carbons (Fsp3) is 0.714. The van der Waals surface area contributed by atoms with E-state index < -0.39 is 60.9 Å². The summed E-state index contributed by atoms with van der Waals surface area (Å²) < 4.78 is 26.0. The number of carbonyl (C=O) groups is 6. The third-order valence-electron chi connectivity index (χ3n) is 4.09. The minimum Gasteiger partial charge on any atom is -0.462 e. The van der Waals surface area contributed by atoms with Crippen LogP contribution in [0.25, 0.3) is 0 Å². The summed E-state index contributed by atoms with van der Waals surface area (Å²) in [5.74, 6) is -3.71. The molecule has 0 unspecified atom stereocenters. The molecule has 0 heterocycles. The maximum atomic E-state index is 12.1. The van der Waals surface area contributed by atoms with E-state index in [9.17, 15) is 28.8 Å². The Morgan fingerprint density at radius 3 is 1.44 bits per heavy atom. The van der Waals surface area contributed by atoms with E-state index in [1.54, 1.807) is 6.92 Å². The lowest BCUT2D eigenvalue weighted by Gasteiger charge is -2.34. The molecule has 0 aliphatic carbocycles. The molecule has 0 aromatic carbocycles. The topological polar surface area (TPSA) is 149 Å². The molecular weight excluding hydrogens is 428 g/mol. The molecule has 0 bridgehead atoms. The van der Waals surface area contributed by atoms with Crippen molar-refractivity contribution in [3.05, 3.63) is 0 Å². The predicted molar refractivity (Wildman–Crippen MR) is 108 cm³/mol. The van der Waals surface area contributed by atoms with Crippen molar-refractivity contribution in [1.82, 2.24) is 0 Å². The van der Waals surface area contributed by atoms with E-state index in [-0.39, 0.29) is 38.4 Å². The summed E-state index contributed by atoms with van der Waals surface area (Å²) in [6.45, 7) is 6.97. The Bertz CT molecular complexity index is 658. The number of aldehydes is 1. The second-order valence-electron chi connectivity index (χ2n) is 6.48. The molecule has 0 saturated heterocycles. The van der Waals surface area contributed by atoms with Crippen LogP contribution in [0.15, 0.2) is 0 Å². The first-order valence-electron chi connectivity index (χ1n) is 10.6. The van der Waals surface area contributed by atoms with Gasteiger partial charge < -0.3 is 23.7 Å². The highest BCUT2D eigenvalue weighted by molar-refractivity contribution is 5.74. The zero-order chi connectivity index (χ0) is 24.7. The number of hydrogen-bond acceptors (Lipinski definition) is 11. The molecule has 0 fully saturated rings. The van der Waals surface area contributed by atoms with Crippen molar-refractivity contribution >= 4 is 36.1 Å². The Kier molecular flexibility index (Phi) is 14.3. The minimum atomic E-state index is -1.67. The van der Waals surface area contributed by atoms with Gasteiger partial charge in [0.25, 0.3) is 0 Å². The van der Waals surface area contributed by atoms with Crippen LogP contribution in [-0.4, -0.2) is 67.2 Å². The summed E-state index contributed by atoms with van der Waals surface area (Å²) in [6.07, 6.45) is -6.48. The van der Waals surface area contributed by atoms with Gasteiger partial charge in [-0.15, -0.1) is 0 Å². The third kappa shape index (κ3) is 10.4. The average molecular weight is 460 g/mol. The van der Waals surface area contributed by atoms with Crippen molar-refractivity contribution in [1.29, 1.82) is 0 Å². The number of carbonyl (C=O) groups excluding carboxylic acids is 6. The molecule has 0 amide bonds. The standard InChI is InChI=1S/C21H32O11/c1-6-15(23)28-12-14(30-17(25)8-3)21(32-19(27)10-5)20(31-18(26)9-4)13(11-22)29-16(24)7-2/h11,13-14,20-21H,6-10,12H2,1-5H3/t13-,14+,20+,21+/m0/s1. The van der Waals surface area contributed by atoms with E-state index in [4.69, 9.17) is 23.7 Å². The lowest BCUT2D eigenvalue weighted by Crippen LogP contribution is -2.53. The fourth-order valence-corrected chi connectivity index (χ4v) is 2.28. The SMILES string of the molecule is CCC(=O)OC[C@@H](OC(=O)CC)[C@@H](OC(=O)CC)[C@H](OC(=O)CC)[C@H](C=O)OC(=O)CC. The summed E-state index contributed by atoms with van der Waals surface area (Å²) >= 11 is 0. The van der Waals surface area contributed by atoms with Gasteiger partial charge in [0.05, 0.1) is 0 Å². The maximum Gasteiger partial charge on any atom is 0.306 e. The van der Waals surface area contributed by atoms with E-state index >= 15 is 0 Å². The number of ether oxygens (including phenoxy) is 5. The fourth-order valence-electron chi connectivity index (χ4n) is 2.28. The Balaban J connectivity index is 6.32. The van der Waals surface area contributed by atoms with Gasteiger partial charge in [-0.05, 0) is 0 Å². The van der Waals surface area contributed by atoms with Crippen LogP contribution in [0.2, 0.25) is 0 Å². The molecule has 0 aliphatic heterocycles. The molecule has 11 heteroatoms. The first-order chi connectivity index (χ1) is 15.2. The van der Waals surface area contributed by atoms with Crippen LogP contribution >= 0.6 is 0 Å². The first kappa shape index (κ1) is 29.0. The highest BCUT2D eigenvalue weighted by atomic mass is 16.6. The van der Waals surface area contributed by atoms with Crippen molar-refractivity contribution in [3.63, 3.8) is 0 Å². The molecule has 0 N–H and O–H groups in total. The summed E-state index contributed by atoms with van der Waals surface area (Å²) in [4.78, 5) is 71.4. The minimum absolute atomic E-state index is 0.0210. The molecule has 0 saturated carbocycles. The first-order valence-corrected chi connectivity index (χ1v) is 10.6. The monoisotopic (exact) mass is 460 g/mol.